The topological polar surface area (TPSA) is 34.4 Å². The van der Waals surface area contributed by atoms with Crippen molar-refractivity contribution < 1.29 is 4.79 Å². The molecule has 0 saturated heterocycles. The van der Waals surface area contributed by atoms with E-state index in [2.05, 4.69) is 23.0 Å². The Labute approximate surface area is 177 Å². The van der Waals surface area contributed by atoms with Gasteiger partial charge in [0.1, 0.15) is 0 Å². The summed E-state index contributed by atoms with van der Waals surface area (Å²) in [6, 6.07) is 23.4. The van der Waals surface area contributed by atoms with E-state index in [4.69, 9.17) is 18.0 Å². The monoisotopic (exact) mass is 416 g/mol. The molecule has 5 heteroatoms. The van der Waals surface area contributed by atoms with Gasteiger partial charge >= 0.3 is 0 Å². The molecule has 0 saturated carbocycles. The summed E-state index contributed by atoms with van der Waals surface area (Å²) >= 11 is 7.49. The van der Waals surface area contributed by atoms with Gasteiger partial charge in [0.2, 0.25) is 0 Å². The number of halogens is 1. The molecule has 1 aromatic heterocycles. The molecule has 0 aliphatic carbocycles. The molecule has 0 fully saturated rings. The van der Waals surface area contributed by atoms with E-state index in [1.807, 2.05) is 59.2 Å². The molecule has 0 radical (unpaired) electrons. The molecule has 3 aromatic carbocycles. The molecule has 1 heterocycles. The van der Waals surface area contributed by atoms with E-state index in [-0.39, 0.29) is 5.91 Å². The van der Waals surface area contributed by atoms with Crippen LogP contribution in [-0.2, 0) is 13.0 Å². The standard InChI is InChI=1S/C24H17ClN2OS/c1-2-14-27-21-13-12-20(25)16-22(21)29-24(27)26-23(28)19-10-8-18(9-11-19)15-17-6-4-3-5-7-17/h1,3-13,16H,14-15H2. The van der Waals surface area contributed by atoms with Crippen molar-refractivity contribution in [2.45, 2.75) is 13.0 Å². The van der Waals surface area contributed by atoms with E-state index in [1.165, 1.54) is 16.9 Å². The molecule has 0 bridgehead atoms. The number of benzene rings is 3. The number of nitrogens with zero attached hydrogens (tertiary/aromatic N) is 2. The zero-order chi connectivity index (χ0) is 20.2. The van der Waals surface area contributed by atoms with Crippen molar-refractivity contribution in [3.05, 3.63) is 99.3 Å². The highest BCUT2D eigenvalue weighted by Gasteiger charge is 2.09. The highest BCUT2D eigenvalue weighted by molar-refractivity contribution is 7.16. The second kappa shape index (κ2) is 8.48. The zero-order valence-corrected chi connectivity index (χ0v) is 17.1. The Balaban J connectivity index is 1.64. The first-order valence-corrected chi connectivity index (χ1v) is 10.3. The van der Waals surface area contributed by atoms with Gasteiger partial charge in [-0.25, -0.2) is 0 Å². The Bertz CT molecular complexity index is 1280. The first kappa shape index (κ1) is 19.2. The van der Waals surface area contributed by atoms with Crippen molar-refractivity contribution >= 4 is 39.1 Å². The first-order chi connectivity index (χ1) is 14.1. The van der Waals surface area contributed by atoms with E-state index < -0.39 is 0 Å². The molecule has 1 amide bonds. The summed E-state index contributed by atoms with van der Waals surface area (Å²) in [6.07, 6.45) is 6.34. The maximum absolute atomic E-state index is 12.7. The maximum Gasteiger partial charge on any atom is 0.279 e. The van der Waals surface area contributed by atoms with E-state index in [9.17, 15) is 4.79 Å². The van der Waals surface area contributed by atoms with Gasteiger partial charge < -0.3 is 4.57 Å². The van der Waals surface area contributed by atoms with Crippen LogP contribution < -0.4 is 4.80 Å². The van der Waals surface area contributed by atoms with Gasteiger partial charge in [-0.2, -0.15) is 4.99 Å². The molecule has 0 atom stereocenters. The number of amides is 1. The number of hydrogen-bond acceptors (Lipinski definition) is 2. The second-order valence-electron chi connectivity index (χ2n) is 6.56. The van der Waals surface area contributed by atoms with E-state index in [0.29, 0.717) is 21.9 Å². The van der Waals surface area contributed by atoms with Crippen molar-refractivity contribution in [2.75, 3.05) is 0 Å². The average molecular weight is 417 g/mol. The number of hydrogen-bond donors (Lipinski definition) is 0. The van der Waals surface area contributed by atoms with Gasteiger partial charge in [0, 0.05) is 10.6 Å². The molecular weight excluding hydrogens is 400 g/mol. The number of fused-ring (bicyclic) bond motifs is 1. The Hall–Kier alpha value is -3.13. The molecule has 0 N–H and O–H groups in total. The van der Waals surface area contributed by atoms with Crippen molar-refractivity contribution in [3.8, 4) is 12.3 Å². The molecular formula is C24H17ClN2OS. The van der Waals surface area contributed by atoms with E-state index in [1.54, 1.807) is 6.07 Å². The van der Waals surface area contributed by atoms with Crippen LogP contribution in [-0.4, -0.2) is 10.5 Å². The minimum atomic E-state index is -0.292. The Morgan fingerprint density at radius 2 is 1.76 bits per heavy atom. The van der Waals surface area contributed by atoms with Crippen LogP contribution in [0, 0.1) is 12.3 Å². The van der Waals surface area contributed by atoms with Gasteiger partial charge in [-0.1, -0.05) is 71.3 Å². The number of carbonyl (C=O) groups excluding carboxylic acids is 1. The lowest BCUT2D eigenvalue weighted by Gasteiger charge is -2.03. The molecule has 3 nitrogen and oxygen atoms in total. The fourth-order valence-corrected chi connectivity index (χ4v) is 4.43. The van der Waals surface area contributed by atoms with Crippen LogP contribution in [0.25, 0.3) is 10.2 Å². The summed E-state index contributed by atoms with van der Waals surface area (Å²) in [6.45, 7) is 0.337. The Morgan fingerprint density at radius 3 is 2.48 bits per heavy atom. The smallest absolute Gasteiger partial charge is 0.279 e. The van der Waals surface area contributed by atoms with Gasteiger partial charge in [-0.15, -0.1) is 6.42 Å². The summed E-state index contributed by atoms with van der Waals surface area (Å²) in [5.74, 6) is 2.33. The third kappa shape index (κ3) is 4.32. The lowest BCUT2D eigenvalue weighted by atomic mass is 10.0. The van der Waals surface area contributed by atoms with Crippen molar-refractivity contribution in [1.82, 2.24) is 4.57 Å². The number of thiazole rings is 1. The molecule has 0 aliphatic heterocycles. The van der Waals surface area contributed by atoms with Crippen molar-refractivity contribution in [1.29, 1.82) is 0 Å². The average Bonchev–Trinajstić information content (AvgIpc) is 3.05. The molecule has 4 rings (SSSR count). The van der Waals surface area contributed by atoms with Crippen LogP contribution in [0.4, 0.5) is 0 Å². The fraction of sp³-hybridized carbons (Fsp3) is 0.0833. The highest BCUT2D eigenvalue weighted by atomic mass is 35.5. The first-order valence-electron chi connectivity index (χ1n) is 9.08. The summed E-state index contributed by atoms with van der Waals surface area (Å²) in [5.41, 5.74) is 3.84. The van der Waals surface area contributed by atoms with Crippen LogP contribution in [0.3, 0.4) is 0 Å². The van der Waals surface area contributed by atoms with Gasteiger partial charge in [-0.05, 0) is 47.9 Å². The van der Waals surface area contributed by atoms with Crippen LogP contribution >= 0.6 is 22.9 Å². The van der Waals surface area contributed by atoms with Crippen LogP contribution in [0.15, 0.2) is 77.8 Å². The minimum Gasteiger partial charge on any atom is -0.305 e. The predicted molar refractivity (Wildman–Crippen MR) is 119 cm³/mol. The summed E-state index contributed by atoms with van der Waals surface area (Å²) in [7, 11) is 0. The molecule has 0 spiro atoms. The maximum atomic E-state index is 12.7. The molecule has 0 aliphatic rings. The quantitative estimate of drug-likeness (QED) is 0.414. The fourth-order valence-electron chi connectivity index (χ4n) is 3.12. The van der Waals surface area contributed by atoms with Crippen LogP contribution in [0.1, 0.15) is 21.5 Å². The third-order valence-electron chi connectivity index (χ3n) is 4.54. The number of carbonyl (C=O) groups is 1. The normalized spacial score (nSPS) is 11.5. The minimum absolute atomic E-state index is 0.292. The van der Waals surface area contributed by atoms with Crippen LogP contribution in [0.2, 0.25) is 5.02 Å². The number of aromatic nitrogens is 1. The summed E-state index contributed by atoms with van der Waals surface area (Å²) < 4.78 is 2.80. The van der Waals surface area contributed by atoms with Gasteiger partial charge in [0.15, 0.2) is 4.80 Å². The van der Waals surface area contributed by atoms with Gasteiger partial charge in [0.25, 0.3) is 5.91 Å². The van der Waals surface area contributed by atoms with Gasteiger partial charge in [-0.3, -0.25) is 4.79 Å². The second-order valence-corrected chi connectivity index (χ2v) is 8.01. The summed E-state index contributed by atoms with van der Waals surface area (Å²) in [5, 5.41) is 0.637. The SMILES string of the molecule is C#CCn1c(=NC(=O)c2ccc(Cc3ccccc3)cc2)sc2cc(Cl)ccc21. The largest absolute Gasteiger partial charge is 0.305 e. The summed E-state index contributed by atoms with van der Waals surface area (Å²) in [4.78, 5) is 17.6. The Morgan fingerprint density at radius 1 is 1.03 bits per heavy atom. The Kier molecular flexibility index (Phi) is 5.62. The molecule has 29 heavy (non-hydrogen) atoms. The van der Waals surface area contributed by atoms with Crippen LogP contribution in [0.5, 0.6) is 0 Å². The van der Waals surface area contributed by atoms with Gasteiger partial charge in [0.05, 0.1) is 16.8 Å². The third-order valence-corrected chi connectivity index (χ3v) is 5.82. The van der Waals surface area contributed by atoms with E-state index >= 15 is 0 Å². The highest BCUT2D eigenvalue weighted by Crippen LogP contribution is 2.22. The van der Waals surface area contributed by atoms with E-state index in [0.717, 1.165) is 22.2 Å². The lowest BCUT2D eigenvalue weighted by Crippen LogP contribution is -2.16. The van der Waals surface area contributed by atoms with Crippen molar-refractivity contribution in [3.63, 3.8) is 0 Å². The number of rotatable bonds is 4. The number of terminal acetylenes is 1. The molecule has 4 aromatic rings. The lowest BCUT2D eigenvalue weighted by molar-refractivity contribution is 0.0998. The molecule has 142 valence electrons. The van der Waals surface area contributed by atoms with Crippen molar-refractivity contribution in [2.24, 2.45) is 4.99 Å². The molecule has 0 unspecified atom stereocenters. The predicted octanol–water partition coefficient (Wildman–Crippen LogP) is 5.32. The zero-order valence-electron chi connectivity index (χ0n) is 15.5.